The number of methoxy groups -OCH3 is 1. The third-order valence-electron chi connectivity index (χ3n) is 3.20. The van der Waals surface area contributed by atoms with Gasteiger partial charge in [0.25, 0.3) is 0 Å². The lowest BCUT2D eigenvalue weighted by molar-refractivity contribution is -0.152. The van der Waals surface area contributed by atoms with Gasteiger partial charge in [0.05, 0.1) is 20.1 Å². The standard InChI is InChI=1S/C14H16N2O4/c1-20-13(18)7-11-14(19)15-8-12(17)16(11)9-10-5-3-2-4-6-10/h2-6,11H,7-9H2,1H3,(H,15,19)/t11-/m0/s1. The molecule has 1 aliphatic rings. The average molecular weight is 276 g/mol. The molecular weight excluding hydrogens is 260 g/mol. The zero-order valence-corrected chi connectivity index (χ0v) is 11.2. The Labute approximate surface area is 116 Å². The second-order valence-corrected chi connectivity index (χ2v) is 4.52. The lowest BCUT2D eigenvalue weighted by atomic mass is 10.1. The van der Waals surface area contributed by atoms with Crippen molar-refractivity contribution >= 4 is 17.8 Å². The Hall–Kier alpha value is -2.37. The molecule has 106 valence electrons. The van der Waals surface area contributed by atoms with E-state index in [1.165, 1.54) is 12.0 Å². The molecule has 1 fully saturated rings. The normalized spacial score (nSPS) is 18.6. The Morgan fingerprint density at radius 3 is 2.70 bits per heavy atom. The summed E-state index contributed by atoms with van der Waals surface area (Å²) < 4.78 is 4.58. The van der Waals surface area contributed by atoms with Gasteiger partial charge in [0.15, 0.2) is 0 Å². The van der Waals surface area contributed by atoms with Gasteiger partial charge in [-0.25, -0.2) is 0 Å². The maximum atomic E-state index is 12.0. The molecule has 0 radical (unpaired) electrons. The van der Waals surface area contributed by atoms with Gasteiger partial charge < -0.3 is 15.0 Å². The van der Waals surface area contributed by atoms with Gasteiger partial charge in [-0.15, -0.1) is 0 Å². The molecule has 6 nitrogen and oxygen atoms in total. The number of rotatable bonds is 4. The van der Waals surface area contributed by atoms with E-state index in [0.717, 1.165) is 5.56 Å². The second-order valence-electron chi connectivity index (χ2n) is 4.52. The number of hydrogen-bond acceptors (Lipinski definition) is 4. The molecule has 0 bridgehead atoms. The smallest absolute Gasteiger partial charge is 0.308 e. The van der Waals surface area contributed by atoms with Crippen molar-refractivity contribution in [1.29, 1.82) is 0 Å². The number of esters is 1. The minimum atomic E-state index is -0.816. The van der Waals surface area contributed by atoms with E-state index in [-0.39, 0.29) is 24.8 Å². The molecule has 0 spiro atoms. The number of hydrogen-bond donors (Lipinski definition) is 1. The summed E-state index contributed by atoms with van der Waals surface area (Å²) in [6, 6.07) is 8.52. The van der Waals surface area contributed by atoms with Crippen molar-refractivity contribution in [3.8, 4) is 0 Å². The summed E-state index contributed by atoms with van der Waals surface area (Å²) in [7, 11) is 1.26. The van der Waals surface area contributed by atoms with Crippen LogP contribution in [0.15, 0.2) is 30.3 Å². The van der Waals surface area contributed by atoms with Crippen LogP contribution in [0.4, 0.5) is 0 Å². The van der Waals surface area contributed by atoms with E-state index < -0.39 is 12.0 Å². The largest absolute Gasteiger partial charge is 0.469 e. The highest BCUT2D eigenvalue weighted by atomic mass is 16.5. The van der Waals surface area contributed by atoms with Crippen LogP contribution in [0.25, 0.3) is 0 Å². The Balaban J connectivity index is 2.17. The third kappa shape index (κ3) is 3.14. The molecule has 2 amide bonds. The zero-order chi connectivity index (χ0) is 14.5. The number of benzene rings is 1. The Morgan fingerprint density at radius 1 is 1.35 bits per heavy atom. The molecule has 20 heavy (non-hydrogen) atoms. The highest BCUT2D eigenvalue weighted by Gasteiger charge is 2.36. The Morgan fingerprint density at radius 2 is 2.05 bits per heavy atom. The van der Waals surface area contributed by atoms with Crippen molar-refractivity contribution in [3.63, 3.8) is 0 Å². The van der Waals surface area contributed by atoms with Crippen LogP contribution >= 0.6 is 0 Å². The van der Waals surface area contributed by atoms with E-state index in [4.69, 9.17) is 0 Å². The van der Waals surface area contributed by atoms with Gasteiger partial charge in [0.2, 0.25) is 11.8 Å². The molecule has 0 aliphatic carbocycles. The summed E-state index contributed by atoms with van der Waals surface area (Å²) in [5, 5.41) is 2.49. The summed E-state index contributed by atoms with van der Waals surface area (Å²) in [5.41, 5.74) is 0.908. The minimum absolute atomic E-state index is 0.0384. The molecule has 1 aromatic rings. The van der Waals surface area contributed by atoms with Gasteiger partial charge >= 0.3 is 5.97 Å². The van der Waals surface area contributed by atoms with Crippen molar-refractivity contribution in [2.45, 2.75) is 19.0 Å². The first kappa shape index (κ1) is 14.0. The number of piperazine rings is 1. The number of ether oxygens (including phenoxy) is 1. The van der Waals surface area contributed by atoms with Crippen molar-refractivity contribution in [2.75, 3.05) is 13.7 Å². The zero-order valence-electron chi connectivity index (χ0n) is 11.2. The number of carbonyl (C=O) groups excluding carboxylic acids is 3. The van der Waals surface area contributed by atoms with E-state index in [9.17, 15) is 14.4 Å². The van der Waals surface area contributed by atoms with Crippen LogP contribution in [-0.4, -0.2) is 42.4 Å². The fourth-order valence-electron chi connectivity index (χ4n) is 2.12. The lowest BCUT2D eigenvalue weighted by Gasteiger charge is -2.34. The molecule has 0 unspecified atom stereocenters. The molecule has 6 heteroatoms. The van der Waals surface area contributed by atoms with Gasteiger partial charge in [-0.1, -0.05) is 30.3 Å². The first-order valence-corrected chi connectivity index (χ1v) is 6.29. The maximum absolute atomic E-state index is 12.0. The summed E-state index contributed by atoms with van der Waals surface area (Å²) in [6.45, 7) is 0.262. The van der Waals surface area contributed by atoms with Crippen molar-refractivity contribution in [2.24, 2.45) is 0 Å². The van der Waals surface area contributed by atoms with E-state index in [1.807, 2.05) is 30.3 Å². The number of nitrogens with one attached hydrogen (secondary N) is 1. The predicted octanol–water partition coefficient (Wildman–Crippen LogP) is 0.0767. The van der Waals surface area contributed by atoms with Gasteiger partial charge in [-0.05, 0) is 5.56 Å². The van der Waals surface area contributed by atoms with Gasteiger partial charge in [-0.3, -0.25) is 14.4 Å². The molecule has 1 saturated heterocycles. The molecule has 1 aliphatic heterocycles. The monoisotopic (exact) mass is 276 g/mol. The van der Waals surface area contributed by atoms with Crippen LogP contribution in [0.1, 0.15) is 12.0 Å². The minimum Gasteiger partial charge on any atom is -0.469 e. The molecule has 0 saturated carbocycles. The van der Waals surface area contributed by atoms with E-state index in [0.29, 0.717) is 6.54 Å². The van der Waals surface area contributed by atoms with Crippen LogP contribution in [0, 0.1) is 0 Å². The maximum Gasteiger partial charge on any atom is 0.308 e. The van der Waals surface area contributed by atoms with Gasteiger partial charge in [-0.2, -0.15) is 0 Å². The first-order chi connectivity index (χ1) is 9.61. The molecule has 1 N–H and O–H groups in total. The number of carbonyl (C=O) groups is 3. The lowest BCUT2D eigenvalue weighted by Crippen LogP contribution is -2.58. The Bertz CT molecular complexity index is 515. The molecule has 1 atom stereocenters. The molecule has 1 heterocycles. The molecule has 0 aromatic heterocycles. The van der Waals surface area contributed by atoms with Crippen LogP contribution < -0.4 is 5.32 Å². The van der Waals surface area contributed by atoms with Crippen molar-refractivity contribution in [1.82, 2.24) is 10.2 Å². The van der Waals surface area contributed by atoms with E-state index in [1.54, 1.807) is 0 Å². The van der Waals surface area contributed by atoms with Gasteiger partial charge in [0.1, 0.15) is 6.04 Å². The highest BCUT2D eigenvalue weighted by Crippen LogP contribution is 2.15. The molecule has 1 aromatic carbocycles. The van der Waals surface area contributed by atoms with Crippen molar-refractivity contribution in [3.05, 3.63) is 35.9 Å². The number of nitrogens with zero attached hydrogens (tertiary/aromatic N) is 1. The summed E-state index contributed by atoms with van der Waals surface area (Å²) in [5.74, 6) is -1.05. The second kappa shape index (κ2) is 6.18. The summed E-state index contributed by atoms with van der Waals surface area (Å²) >= 11 is 0. The van der Waals surface area contributed by atoms with Gasteiger partial charge in [0, 0.05) is 6.54 Å². The Kier molecular flexibility index (Phi) is 4.34. The highest BCUT2D eigenvalue weighted by molar-refractivity contribution is 5.96. The van der Waals surface area contributed by atoms with Crippen molar-refractivity contribution < 1.29 is 19.1 Å². The fraction of sp³-hybridized carbons (Fsp3) is 0.357. The third-order valence-corrected chi connectivity index (χ3v) is 3.20. The van der Waals surface area contributed by atoms with Crippen LogP contribution in [0.2, 0.25) is 0 Å². The average Bonchev–Trinajstić information content (AvgIpc) is 2.47. The van der Waals surface area contributed by atoms with Crippen LogP contribution in [0.5, 0.6) is 0 Å². The molecular formula is C14H16N2O4. The predicted molar refractivity (Wildman–Crippen MR) is 70.4 cm³/mol. The van der Waals surface area contributed by atoms with E-state index >= 15 is 0 Å². The number of amides is 2. The summed E-state index contributed by atoms with van der Waals surface area (Å²) in [6.07, 6.45) is -0.138. The SMILES string of the molecule is COC(=O)C[C@H]1C(=O)NCC(=O)N1Cc1ccccc1. The topological polar surface area (TPSA) is 75.7 Å². The fourth-order valence-corrected chi connectivity index (χ4v) is 2.12. The first-order valence-electron chi connectivity index (χ1n) is 6.29. The van der Waals surface area contributed by atoms with E-state index in [2.05, 4.69) is 10.1 Å². The molecule has 2 rings (SSSR count). The quantitative estimate of drug-likeness (QED) is 0.790. The van der Waals surface area contributed by atoms with Crippen LogP contribution in [-0.2, 0) is 25.7 Å². The van der Waals surface area contributed by atoms with Crippen LogP contribution in [0.3, 0.4) is 0 Å². The summed E-state index contributed by atoms with van der Waals surface area (Å²) in [4.78, 5) is 36.7.